The Morgan fingerprint density at radius 1 is 1.53 bits per heavy atom. The van der Waals surface area contributed by atoms with Crippen LogP contribution in [-0.2, 0) is 11.3 Å². The molecule has 17 heavy (non-hydrogen) atoms. The molecule has 0 unspecified atom stereocenters. The quantitative estimate of drug-likeness (QED) is 0.783. The molecular formula is C11H15N5O. The lowest BCUT2D eigenvalue weighted by Gasteiger charge is -2.08. The molecule has 2 aromatic heterocycles. The molecule has 0 aliphatic heterocycles. The second-order valence-corrected chi connectivity index (χ2v) is 3.78. The largest absolute Gasteiger partial charge is 0.347 e. The van der Waals surface area contributed by atoms with E-state index in [1.807, 2.05) is 35.7 Å². The van der Waals surface area contributed by atoms with Gasteiger partial charge in [0.15, 0.2) is 11.5 Å². The molecule has 0 radical (unpaired) electrons. The van der Waals surface area contributed by atoms with E-state index < -0.39 is 6.04 Å². The van der Waals surface area contributed by atoms with Crippen LogP contribution in [0.25, 0.3) is 5.65 Å². The van der Waals surface area contributed by atoms with Crippen molar-refractivity contribution < 1.29 is 4.79 Å². The molecule has 0 fully saturated rings. The third-order valence-electron chi connectivity index (χ3n) is 2.58. The Hall–Kier alpha value is -1.95. The van der Waals surface area contributed by atoms with Gasteiger partial charge in [-0.05, 0) is 18.6 Å². The Morgan fingerprint density at radius 2 is 2.35 bits per heavy atom. The highest BCUT2D eigenvalue weighted by Gasteiger charge is 2.11. The summed E-state index contributed by atoms with van der Waals surface area (Å²) in [6, 6.07) is 5.17. The summed E-state index contributed by atoms with van der Waals surface area (Å²) >= 11 is 0. The molecule has 2 heterocycles. The highest BCUT2D eigenvalue weighted by molar-refractivity contribution is 5.81. The van der Waals surface area contributed by atoms with Gasteiger partial charge in [-0.25, -0.2) is 0 Å². The van der Waals surface area contributed by atoms with Gasteiger partial charge in [-0.1, -0.05) is 13.0 Å². The van der Waals surface area contributed by atoms with Crippen molar-refractivity contribution in [2.75, 3.05) is 0 Å². The highest BCUT2D eigenvalue weighted by Crippen LogP contribution is 2.02. The van der Waals surface area contributed by atoms with Crippen LogP contribution in [-0.4, -0.2) is 26.5 Å². The van der Waals surface area contributed by atoms with Crippen molar-refractivity contribution in [1.82, 2.24) is 19.9 Å². The maximum Gasteiger partial charge on any atom is 0.237 e. The summed E-state index contributed by atoms with van der Waals surface area (Å²) in [6.45, 7) is 2.20. The van der Waals surface area contributed by atoms with Crippen molar-refractivity contribution in [3.05, 3.63) is 30.2 Å². The molecule has 1 amide bonds. The SMILES string of the molecule is CC[C@H](N)C(=O)NCc1nnc2ccccn12. The van der Waals surface area contributed by atoms with E-state index in [0.29, 0.717) is 18.8 Å². The number of pyridine rings is 1. The molecule has 6 heteroatoms. The fraction of sp³-hybridized carbons (Fsp3) is 0.364. The van der Waals surface area contributed by atoms with Crippen molar-refractivity contribution in [3.8, 4) is 0 Å². The minimum atomic E-state index is -0.464. The van der Waals surface area contributed by atoms with Crippen LogP contribution in [0.3, 0.4) is 0 Å². The van der Waals surface area contributed by atoms with Gasteiger partial charge in [0.25, 0.3) is 0 Å². The molecule has 2 rings (SSSR count). The molecule has 0 aliphatic carbocycles. The van der Waals surface area contributed by atoms with Gasteiger partial charge in [0.1, 0.15) is 0 Å². The van der Waals surface area contributed by atoms with E-state index in [4.69, 9.17) is 5.73 Å². The molecule has 3 N–H and O–H groups in total. The molecular weight excluding hydrogens is 218 g/mol. The van der Waals surface area contributed by atoms with Gasteiger partial charge in [-0.2, -0.15) is 0 Å². The first-order valence-electron chi connectivity index (χ1n) is 5.54. The summed E-state index contributed by atoms with van der Waals surface area (Å²) < 4.78 is 1.83. The second kappa shape index (κ2) is 4.92. The normalized spacial score (nSPS) is 12.6. The van der Waals surface area contributed by atoms with E-state index in [-0.39, 0.29) is 5.91 Å². The molecule has 0 aliphatic rings. The number of fused-ring (bicyclic) bond motifs is 1. The van der Waals surface area contributed by atoms with Crippen molar-refractivity contribution in [3.63, 3.8) is 0 Å². The van der Waals surface area contributed by atoms with Crippen molar-refractivity contribution in [2.24, 2.45) is 5.73 Å². The van der Waals surface area contributed by atoms with Gasteiger partial charge in [-0.15, -0.1) is 10.2 Å². The van der Waals surface area contributed by atoms with Crippen LogP contribution in [0.5, 0.6) is 0 Å². The van der Waals surface area contributed by atoms with Gasteiger partial charge in [0.05, 0.1) is 12.6 Å². The number of aromatic nitrogens is 3. The van der Waals surface area contributed by atoms with Gasteiger partial charge >= 0.3 is 0 Å². The maximum atomic E-state index is 11.5. The topological polar surface area (TPSA) is 85.3 Å². The second-order valence-electron chi connectivity index (χ2n) is 3.78. The molecule has 90 valence electrons. The average Bonchev–Trinajstić information content (AvgIpc) is 2.78. The first-order valence-corrected chi connectivity index (χ1v) is 5.54. The smallest absolute Gasteiger partial charge is 0.237 e. The van der Waals surface area contributed by atoms with Crippen LogP contribution in [0.4, 0.5) is 0 Å². The number of hydrogen-bond acceptors (Lipinski definition) is 4. The van der Waals surface area contributed by atoms with Crippen LogP contribution in [0.15, 0.2) is 24.4 Å². The Balaban J connectivity index is 2.07. The van der Waals surface area contributed by atoms with Gasteiger partial charge in [0.2, 0.25) is 5.91 Å². The zero-order valence-corrected chi connectivity index (χ0v) is 9.63. The Kier molecular flexibility index (Phi) is 3.34. The van der Waals surface area contributed by atoms with E-state index in [1.54, 1.807) is 0 Å². The summed E-state index contributed by atoms with van der Waals surface area (Å²) in [4.78, 5) is 11.5. The first kappa shape index (κ1) is 11.5. The van der Waals surface area contributed by atoms with Crippen molar-refractivity contribution in [1.29, 1.82) is 0 Å². The van der Waals surface area contributed by atoms with Crippen molar-refractivity contribution >= 4 is 11.6 Å². The summed E-state index contributed by atoms with van der Waals surface area (Å²) in [5.41, 5.74) is 6.37. The van der Waals surface area contributed by atoms with Gasteiger partial charge in [0, 0.05) is 6.20 Å². The van der Waals surface area contributed by atoms with Crippen LogP contribution in [0.1, 0.15) is 19.2 Å². The number of nitrogens with one attached hydrogen (secondary N) is 1. The summed E-state index contributed by atoms with van der Waals surface area (Å²) in [6.07, 6.45) is 2.48. The molecule has 1 atom stereocenters. The van der Waals surface area contributed by atoms with Crippen LogP contribution >= 0.6 is 0 Å². The van der Waals surface area contributed by atoms with Crippen molar-refractivity contribution in [2.45, 2.75) is 25.9 Å². The first-order chi connectivity index (χ1) is 8.22. The Bertz CT molecular complexity index is 521. The van der Waals surface area contributed by atoms with Gasteiger partial charge in [-0.3, -0.25) is 9.20 Å². The predicted octanol–water partition coefficient (Wildman–Crippen LogP) is 0.0828. The number of hydrogen-bond donors (Lipinski definition) is 2. The molecule has 0 saturated heterocycles. The molecule has 0 saturated carbocycles. The number of nitrogens with two attached hydrogens (primary N) is 1. The maximum absolute atomic E-state index is 11.5. The molecule has 0 bridgehead atoms. The number of carbonyl (C=O) groups is 1. The monoisotopic (exact) mass is 233 g/mol. The Labute approximate surface area is 98.8 Å². The lowest BCUT2D eigenvalue weighted by atomic mass is 10.2. The lowest BCUT2D eigenvalue weighted by Crippen LogP contribution is -2.39. The zero-order chi connectivity index (χ0) is 12.3. The predicted molar refractivity (Wildman–Crippen MR) is 63.1 cm³/mol. The van der Waals surface area contributed by atoms with E-state index in [9.17, 15) is 4.79 Å². The lowest BCUT2D eigenvalue weighted by molar-refractivity contribution is -0.122. The third-order valence-corrected chi connectivity index (χ3v) is 2.58. The number of carbonyl (C=O) groups excluding carboxylic acids is 1. The van der Waals surface area contributed by atoms with E-state index in [2.05, 4.69) is 15.5 Å². The summed E-state index contributed by atoms with van der Waals surface area (Å²) in [7, 11) is 0. The van der Waals surface area contributed by atoms with Crippen LogP contribution in [0, 0.1) is 0 Å². The fourth-order valence-electron chi connectivity index (χ4n) is 1.49. The fourth-order valence-corrected chi connectivity index (χ4v) is 1.49. The summed E-state index contributed by atoms with van der Waals surface area (Å²) in [5.74, 6) is 0.525. The minimum Gasteiger partial charge on any atom is -0.347 e. The zero-order valence-electron chi connectivity index (χ0n) is 9.63. The van der Waals surface area contributed by atoms with E-state index >= 15 is 0 Å². The third kappa shape index (κ3) is 2.42. The van der Waals surface area contributed by atoms with Crippen LogP contribution in [0.2, 0.25) is 0 Å². The van der Waals surface area contributed by atoms with E-state index in [0.717, 1.165) is 5.65 Å². The van der Waals surface area contributed by atoms with Crippen LogP contribution < -0.4 is 11.1 Å². The highest BCUT2D eigenvalue weighted by atomic mass is 16.2. The molecule has 0 spiro atoms. The minimum absolute atomic E-state index is 0.166. The number of amides is 1. The molecule has 0 aromatic carbocycles. The Morgan fingerprint density at radius 3 is 3.12 bits per heavy atom. The standard InChI is InChI=1S/C11H15N5O/c1-2-8(12)11(17)13-7-10-15-14-9-5-3-4-6-16(9)10/h3-6,8H,2,7,12H2,1H3,(H,13,17)/t8-/m0/s1. The van der Waals surface area contributed by atoms with Gasteiger partial charge < -0.3 is 11.1 Å². The number of nitrogens with zero attached hydrogens (tertiary/aromatic N) is 3. The number of rotatable bonds is 4. The molecule has 2 aromatic rings. The average molecular weight is 233 g/mol. The molecule has 6 nitrogen and oxygen atoms in total. The van der Waals surface area contributed by atoms with E-state index in [1.165, 1.54) is 0 Å². The summed E-state index contributed by atoms with van der Waals surface area (Å²) in [5, 5.41) is 10.7.